The zero-order valence-corrected chi connectivity index (χ0v) is 16.5. The van der Waals surface area contributed by atoms with Crippen molar-refractivity contribution >= 4 is 10.0 Å². The summed E-state index contributed by atoms with van der Waals surface area (Å²) in [6.45, 7) is 4.99. The molecule has 27 heavy (non-hydrogen) atoms. The molecule has 0 unspecified atom stereocenters. The van der Waals surface area contributed by atoms with Gasteiger partial charge in [0, 0.05) is 26.2 Å². The van der Waals surface area contributed by atoms with Crippen LogP contribution >= 0.6 is 0 Å². The van der Waals surface area contributed by atoms with Crippen LogP contribution in [-0.2, 0) is 14.8 Å². The quantitative estimate of drug-likeness (QED) is 0.786. The Labute approximate surface area is 161 Å². The summed E-state index contributed by atoms with van der Waals surface area (Å²) in [4.78, 5) is 2.39. The maximum atomic E-state index is 12.7. The molecule has 6 nitrogen and oxygen atoms in total. The van der Waals surface area contributed by atoms with Crippen LogP contribution in [0.25, 0.3) is 0 Å². The minimum atomic E-state index is -3.62. The van der Waals surface area contributed by atoms with Gasteiger partial charge in [-0.2, -0.15) is 0 Å². The maximum Gasteiger partial charge on any atom is 0.244 e. The largest absolute Gasteiger partial charge is 0.495 e. The lowest BCUT2D eigenvalue weighted by molar-refractivity contribution is -0.0291. The smallest absolute Gasteiger partial charge is 0.244 e. The van der Waals surface area contributed by atoms with Gasteiger partial charge in [0.15, 0.2) is 0 Å². The average Bonchev–Trinajstić information content (AvgIpc) is 2.69. The van der Waals surface area contributed by atoms with Gasteiger partial charge in [0.1, 0.15) is 10.6 Å². The third kappa shape index (κ3) is 5.07. The van der Waals surface area contributed by atoms with E-state index in [2.05, 4.69) is 21.8 Å². The van der Waals surface area contributed by atoms with Crippen molar-refractivity contribution in [1.29, 1.82) is 0 Å². The third-order valence-corrected chi connectivity index (χ3v) is 6.13. The minimum absolute atomic E-state index is 0.0217. The lowest BCUT2D eigenvalue weighted by Gasteiger charge is -2.33. The molecule has 146 valence electrons. The molecule has 0 amide bonds. The first kappa shape index (κ1) is 19.8. The normalized spacial score (nSPS) is 18.4. The lowest BCUT2D eigenvalue weighted by atomic mass is 10.1. The Morgan fingerprint density at radius 1 is 1.22 bits per heavy atom. The van der Waals surface area contributed by atoms with Crippen LogP contribution in [0.15, 0.2) is 53.4 Å². The van der Waals surface area contributed by atoms with Gasteiger partial charge in [-0.1, -0.05) is 36.4 Å². The lowest BCUT2D eigenvalue weighted by Crippen LogP contribution is -2.42. The minimum Gasteiger partial charge on any atom is -0.495 e. The topological polar surface area (TPSA) is 67.9 Å². The number of aryl methyl sites for hydroxylation is 1. The molecule has 0 saturated carbocycles. The number of morpholine rings is 1. The number of hydrogen-bond donors (Lipinski definition) is 1. The van der Waals surface area contributed by atoms with Crippen LogP contribution in [0, 0.1) is 6.92 Å². The van der Waals surface area contributed by atoms with Crippen molar-refractivity contribution < 1.29 is 17.9 Å². The highest BCUT2D eigenvalue weighted by atomic mass is 32.2. The first-order chi connectivity index (χ1) is 13.0. The molecule has 3 rings (SSSR count). The van der Waals surface area contributed by atoms with E-state index in [1.54, 1.807) is 12.1 Å². The average molecular weight is 391 g/mol. The fourth-order valence-electron chi connectivity index (χ4n) is 3.18. The number of nitrogens with zero attached hydrogens (tertiary/aromatic N) is 1. The van der Waals surface area contributed by atoms with E-state index in [9.17, 15) is 8.42 Å². The van der Waals surface area contributed by atoms with Crippen molar-refractivity contribution in [2.75, 3.05) is 39.9 Å². The summed E-state index contributed by atoms with van der Waals surface area (Å²) in [6.07, 6.45) is 0.0217. The molecule has 0 radical (unpaired) electrons. The van der Waals surface area contributed by atoms with Gasteiger partial charge >= 0.3 is 0 Å². The molecule has 0 spiro atoms. The molecular weight excluding hydrogens is 364 g/mol. The third-order valence-electron chi connectivity index (χ3n) is 4.65. The van der Waals surface area contributed by atoms with Crippen molar-refractivity contribution in [2.45, 2.75) is 17.9 Å². The molecule has 1 atom stereocenters. The van der Waals surface area contributed by atoms with Crippen LogP contribution in [0.5, 0.6) is 5.75 Å². The Hall–Kier alpha value is -1.93. The van der Waals surface area contributed by atoms with E-state index >= 15 is 0 Å². The van der Waals surface area contributed by atoms with Crippen molar-refractivity contribution in [3.63, 3.8) is 0 Å². The van der Waals surface area contributed by atoms with E-state index < -0.39 is 10.0 Å². The number of rotatable bonds is 7. The number of sulfonamides is 1. The fraction of sp³-hybridized carbons (Fsp3) is 0.400. The van der Waals surface area contributed by atoms with Crippen molar-refractivity contribution in [3.8, 4) is 5.75 Å². The molecule has 1 N–H and O–H groups in total. The summed E-state index contributed by atoms with van der Waals surface area (Å²) in [7, 11) is -2.15. The van der Waals surface area contributed by atoms with Gasteiger partial charge < -0.3 is 9.47 Å². The van der Waals surface area contributed by atoms with Gasteiger partial charge in [-0.25, -0.2) is 13.1 Å². The van der Waals surface area contributed by atoms with Gasteiger partial charge in [0.05, 0.1) is 19.8 Å². The molecule has 1 saturated heterocycles. The van der Waals surface area contributed by atoms with Gasteiger partial charge in [-0.15, -0.1) is 0 Å². The molecule has 7 heteroatoms. The summed E-state index contributed by atoms with van der Waals surface area (Å²) >= 11 is 0. The highest BCUT2D eigenvalue weighted by molar-refractivity contribution is 7.89. The number of nitrogens with one attached hydrogen (secondary N) is 1. The zero-order valence-electron chi connectivity index (χ0n) is 15.7. The zero-order chi connectivity index (χ0) is 19.3. The Balaban J connectivity index is 1.58. The summed E-state index contributed by atoms with van der Waals surface area (Å²) in [5, 5.41) is 0. The summed E-state index contributed by atoms with van der Waals surface area (Å²) in [6, 6.07) is 15.2. The van der Waals surface area contributed by atoms with E-state index in [0.29, 0.717) is 25.4 Å². The van der Waals surface area contributed by atoms with Crippen LogP contribution in [0.1, 0.15) is 17.2 Å². The Morgan fingerprint density at radius 2 is 2.00 bits per heavy atom. The monoisotopic (exact) mass is 390 g/mol. The first-order valence-electron chi connectivity index (χ1n) is 9.03. The molecule has 2 aromatic rings. The second-order valence-electron chi connectivity index (χ2n) is 6.62. The fourth-order valence-corrected chi connectivity index (χ4v) is 4.46. The number of benzene rings is 2. The molecule has 1 aliphatic heterocycles. The van der Waals surface area contributed by atoms with Gasteiger partial charge in [-0.05, 0) is 30.2 Å². The van der Waals surface area contributed by atoms with Crippen molar-refractivity contribution in [1.82, 2.24) is 9.62 Å². The Bertz CT molecular complexity index is 856. The Kier molecular flexibility index (Phi) is 6.49. The maximum absolute atomic E-state index is 12.7. The molecular formula is C20H26N2O4S. The van der Waals surface area contributed by atoms with Crippen molar-refractivity contribution in [3.05, 3.63) is 59.7 Å². The van der Waals surface area contributed by atoms with Gasteiger partial charge in [-0.3, -0.25) is 4.90 Å². The van der Waals surface area contributed by atoms with Gasteiger partial charge in [0.25, 0.3) is 0 Å². The number of methoxy groups -OCH3 is 1. The van der Waals surface area contributed by atoms with Crippen LogP contribution in [0.3, 0.4) is 0 Å². The molecule has 0 aliphatic carbocycles. The van der Waals surface area contributed by atoms with Gasteiger partial charge in [0.2, 0.25) is 10.0 Å². The van der Waals surface area contributed by atoms with Crippen LogP contribution < -0.4 is 9.46 Å². The predicted molar refractivity (Wildman–Crippen MR) is 104 cm³/mol. The van der Waals surface area contributed by atoms with E-state index in [4.69, 9.17) is 9.47 Å². The standard InChI is InChI=1S/C20H26N2O4S/c1-16-8-9-18(25-2)20(14-16)27(23,24)21-10-11-22-12-13-26-19(15-22)17-6-4-3-5-7-17/h3-9,14,19,21H,10-13,15H2,1-2H3/t19-/m0/s1. The molecule has 1 heterocycles. The summed E-state index contributed by atoms with van der Waals surface area (Å²) < 4.78 is 39.1. The van der Waals surface area contributed by atoms with E-state index in [1.807, 2.05) is 31.2 Å². The molecule has 0 aromatic heterocycles. The Morgan fingerprint density at radius 3 is 2.74 bits per heavy atom. The van der Waals surface area contributed by atoms with Crippen LogP contribution in [0.2, 0.25) is 0 Å². The SMILES string of the molecule is COc1ccc(C)cc1S(=O)(=O)NCCN1CCO[C@H](c2ccccc2)C1. The molecule has 0 bridgehead atoms. The highest BCUT2D eigenvalue weighted by Crippen LogP contribution is 2.25. The first-order valence-corrected chi connectivity index (χ1v) is 10.5. The van der Waals surface area contributed by atoms with E-state index in [1.165, 1.54) is 7.11 Å². The predicted octanol–water partition coefficient (Wildman–Crippen LogP) is 2.36. The van der Waals surface area contributed by atoms with E-state index in [0.717, 1.165) is 24.2 Å². The van der Waals surface area contributed by atoms with Crippen molar-refractivity contribution in [2.24, 2.45) is 0 Å². The molecule has 1 fully saturated rings. The molecule has 1 aliphatic rings. The number of ether oxygens (including phenoxy) is 2. The molecule has 2 aromatic carbocycles. The highest BCUT2D eigenvalue weighted by Gasteiger charge is 2.23. The number of hydrogen-bond acceptors (Lipinski definition) is 5. The summed E-state index contributed by atoms with van der Waals surface area (Å²) in [5.74, 6) is 0.351. The summed E-state index contributed by atoms with van der Waals surface area (Å²) in [5.41, 5.74) is 2.02. The van der Waals surface area contributed by atoms with E-state index in [-0.39, 0.29) is 11.0 Å². The second-order valence-corrected chi connectivity index (χ2v) is 8.36. The van der Waals surface area contributed by atoms with Crippen LogP contribution in [-0.4, -0.2) is 53.2 Å². The second kappa shape index (κ2) is 8.84. The van der Waals surface area contributed by atoms with Crippen LogP contribution in [0.4, 0.5) is 0 Å².